The van der Waals surface area contributed by atoms with Crippen LogP contribution >= 0.6 is 7.82 Å². The van der Waals surface area contributed by atoms with Crippen molar-refractivity contribution in [1.82, 2.24) is 0 Å². The van der Waals surface area contributed by atoms with Crippen molar-refractivity contribution in [1.29, 1.82) is 0 Å². The van der Waals surface area contributed by atoms with E-state index >= 15 is 0 Å². The van der Waals surface area contributed by atoms with Crippen molar-refractivity contribution in [2.75, 3.05) is 13.2 Å². The van der Waals surface area contributed by atoms with Gasteiger partial charge in [0, 0.05) is 12.2 Å². The first-order valence-electron chi connectivity index (χ1n) is 9.96. The number of esters is 2. The molecule has 0 aromatic rings. The van der Waals surface area contributed by atoms with Gasteiger partial charge in [-0.25, -0.2) is 9.59 Å². The number of hydrogen-bond donors (Lipinski definition) is 0. The van der Waals surface area contributed by atoms with E-state index < -0.39 is 19.8 Å². The zero-order valence-corrected chi connectivity index (χ0v) is 22.5. The van der Waals surface area contributed by atoms with Crippen molar-refractivity contribution in [3.05, 3.63) is 25.3 Å². The van der Waals surface area contributed by atoms with Crippen LogP contribution in [0.4, 0.5) is 0 Å². The second-order valence-corrected chi connectivity index (χ2v) is 8.13. The number of carbonyl (C=O) groups is 2. The smallest absolute Gasteiger partial charge is 0.756 e. The molecule has 0 spiro atoms. The van der Waals surface area contributed by atoms with Gasteiger partial charge >= 0.3 is 63.3 Å². The van der Waals surface area contributed by atoms with Crippen molar-refractivity contribution in [2.45, 2.75) is 77.4 Å². The molecular formula is C20H34KO8P. The van der Waals surface area contributed by atoms with Crippen molar-refractivity contribution in [3.8, 4) is 0 Å². The first kappa shape index (κ1) is 32.3. The fourth-order valence-electron chi connectivity index (χ4n) is 2.42. The topological polar surface area (TPSA) is 111 Å². The number of hydrogen-bond acceptors (Lipinski definition) is 8. The Morgan fingerprint density at radius 3 is 1.53 bits per heavy atom. The second-order valence-electron chi connectivity index (χ2n) is 6.72. The van der Waals surface area contributed by atoms with E-state index in [4.69, 9.17) is 18.5 Å². The molecule has 0 aliphatic heterocycles. The molecule has 0 fully saturated rings. The fourth-order valence-corrected chi connectivity index (χ4v) is 3.20. The average molecular weight is 473 g/mol. The molecule has 10 heteroatoms. The number of phosphoric acid groups is 1. The molecule has 0 aromatic heterocycles. The molecular weight excluding hydrogens is 438 g/mol. The first-order valence-corrected chi connectivity index (χ1v) is 11.4. The van der Waals surface area contributed by atoms with Crippen LogP contribution in [0.2, 0.25) is 0 Å². The van der Waals surface area contributed by atoms with Gasteiger partial charge < -0.3 is 23.4 Å². The van der Waals surface area contributed by atoms with E-state index in [0.717, 1.165) is 37.8 Å². The summed E-state index contributed by atoms with van der Waals surface area (Å²) in [5.74, 6) is -0.896. The summed E-state index contributed by atoms with van der Waals surface area (Å²) < 4.78 is 31.4. The van der Waals surface area contributed by atoms with Gasteiger partial charge in [-0.3, -0.25) is 4.57 Å². The summed E-state index contributed by atoms with van der Waals surface area (Å²) in [7, 11) is -4.28. The summed E-state index contributed by atoms with van der Waals surface area (Å²) in [6, 6.07) is 0. The molecule has 0 heterocycles. The Morgan fingerprint density at radius 2 is 1.20 bits per heavy atom. The molecule has 8 nitrogen and oxygen atoms in total. The maximum Gasteiger partial charge on any atom is 1.00 e. The molecule has 2 unspecified atom stereocenters. The Balaban J connectivity index is 0. The zero-order chi connectivity index (χ0) is 22.1. The van der Waals surface area contributed by atoms with Crippen molar-refractivity contribution >= 4 is 19.8 Å². The van der Waals surface area contributed by atoms with Gasteiger partial charge in [0.05, 0.1) is 25.4 Å². The van der Waals surface area contributed by atoms with Gasteiger partial charge in [0.1, 0.15) is 0 Å². The van der Waals surface area contributed by atoms with Crippen LogP contribution in [0, 0.1) is 0 Å². The Hall–Kier alpha value is 0.166. The van der Waals surface area contributed by atoms with E-state index in [2.05, 4.69) is 13.2 Å². The number of unbranched alkanes of at least 4 members (excludes halogenated alkanes) is 4. The summed E-state index contributed by atoms with van der Waals surface area (Å²) in [4.78, 5) is 33.7. The summed E-state index contributed by atoms with van der Waals surface area (Å²) in [5.41, 5.74) is 0. The van der Waals surface area contributed by atoms with Crippen LogP contribution in [-0.2, 0) is 32.7 Å². The summed E-state index contributed by atoms with van der Waals surface area (Å²) >= 11 is 0. The van der Waals surface area contributed by atoms with Gasteiger partial charge in [-0.2, -0.15) is 0 Å². The van der Waals surface area contributed by atoms with E-state index in [0.29, 0.717) is 25.7 Å². The van der Waals surface area contributed by atoms with Gasteiger partial charge in [0.25, 0.3) is 7.82 Å². The third-order valence-electron chi connectivity index (χ3n) is 3.98. The molecule has 0 aliphatic carbocycles. The molecule has 0 amide bonds. The summed E-state index contributed by atoms with van der Waals surface area (Å²) in [5, 5.41) is 0. The fraction of sp³-hybridized carbons (Fsp3) is 0.700. The summed E-state index contributed by atoms with van der Waals surface area (Å²) in [6.45, 7) is 10.4. The number of ether oxygens (including phenoxy) is 2. The molecule has 0 radical (unpaired) electrons. The van der Waals surface area contributed by atoms with Crippen LogP contribution in [0.25, 0.3) is 0 Å². The maximum absolute atomic E-state index is 11.7. The predicted octanol–water partition coefficient (Wildman–Crippen LogP) is 0.848. The minimum absolute atomic E-state index is 0. The second kappa shape index (κ2) is 19.8. The van der Waals surface area contributed by atoms with Gasteiger partial charge in [-0.1, -0.05) is 26.0 Å². The van der Waals surface area contributed by atoms with Gasteiger partial charge in [-0.15, -0.1) is 0 Å². The van der Waals surface area contributed by atoms with Crippen LogP contribution < -0.4 is 56.3 Å². The van der Waals surface area contributed by atoms with Gasteiger partial charge in [0.2, 0.25) is 0 Å². The van der Waals surface area contributed by atoms with Crippen LogP contribution in [0.1, 0.15) is 65.2 Å². The molecule has 0 N–H and O–H groups in total. The Morgan fingerprint density at radius 1 is 0.833 bits per heavy atom. The number of carbonyl (C=O) groups excluding carboxylic acids is 2. The molecule has 2 atom stereocenters. The molecule has 168 valence electrons. The molecule has 30 heavy (non-hydrogen) atoms. The van der Waals surface area contributed by atoms with Crippen LogP contribution in [0.3, 0.4) is 0 Å². The Kier molecular flexibility index (Phi) is 21.4. The van der Waals surface area contributed by atoms with Crippen molar-refractivity contribution in [2.24, 2.45) is 0 Å². The number of rotatable bonds is 18. The molecule has 0 bridgehead atoms. The van der Waals surface area contributed by atoms with Crippen LogP contribution in [0.5, 0.6) is 0 Å². The molecule has 0 rings (SSSR count). The average Bonchev–Trinajstić information content (AvgIpc) is 2.66. The quantitative estimate of drug-likeness (QED) is 0.0949. The zero-order valence-electron chi connectivity index (χ0n) is 18.5. The monoisotopic (exact) mass is 472 g/mol. The van der Waals surface area contributed by atoms with Crippen LogP contribution in [-0.4, -0.2) is 37.4 Å². The molecule has 0 aromatic carbocycles. The van der Waals surface area contributed by atoms with Gasteiger partial charge in [-0.05, 0) is 52.4 Å². The molecule has 0 aliphatic rings. The Labute approximate surface area is 222 Å². The van der Waals surface area contributed by atoms with Crippen molar-refractivity contribution in [3.63, 3.8) is 0 Å². The SMILES string of the molecule is C=CC(=O)OC(C)CCCCCOP(=O)([O-])OCCCCCC(C)OC(=O)C=C.[K+]. The van der Waals surface area contributed by atoms with Gasteiger partial charge in [0.15, 0.2) is 0 Å². The maximum atomic E-state index is 11.7. The minimum atomic E-state index is -4.28. The molecule has 0 saturated carbocycles. The number of phosphoric ester groups is 1. The van der Waals surface area contributed by atoms with Crippen molar-refractivity contribution < 1.29 is 89.0 Å². The van der Waals surface area contributed by atoms with E-state index in [1.54, 1.807) is 13.8 Å². The normalized spacial score (nSPS) is 14.5. The third-order valence-corrected chi connectivity index (χ3v) is 4.97. The van der Waals surface area contributed by atoms with E-state index in [9.17, 15) is 19.0 Å². The van der Waals surface area contributed by atoms with E-state index in [1.807, 2.05) is 0 Å². The largest absolute Gasteiger partial charge is 1.00 e. The first-order chi connectivity index (χ1) is 13.7. The summed E-state index contributed by atoms with van der Waals surface area (Å²) in [6.07, 6.45) is 7.45. The predicted molar refractivity (Wildman–Crippen MR) is 108 cm³/mol. The minimum Gasteiger partial charge on any atom is -0.756 e. The third kappa shape index (κ3) is 20.1. The standard InChI is InChI=1S/C20H35O8P.K/c1-5-19(21)27-17(3)13-9-7-11-15-25-29(23,24)26-16-12-8-10-14-18(4)28-20(22)6-2;/h5-6,17-18H,1-2,7-16H2,3-4H3,(H,23,24);/q;+1/p-1. The van der Waals surface area contributed by atoms with E-state index in [-0.39, 0.29) is 76.8 Å². The van der Waals surface area contributed by atoms with Crippen LogP contribution in [0.15, 0.2) is 25.3 Å². The Bertz CT molecular complexity index is 511. The molecule has 0 saturated heterocycles. The van der Waals surface area contributed by atoms with E-state index in [1.165, 1.54) is 0 Å².